The predicted molar refractivity (Wildman–Crippen MR) is 316 cm³/mol. The minimum absolute atomic E-state index is 0.0963. The van der Waals surface area contributed by atoms with E-state index in [1.54, 1.807) is 0 Å². The highest BCUT2D eigenvalue weighted by Gasteiger charge is 2.19. The van der Waals surface area contributed by atoms with Crippen molar-refractivity contribution in [2.75, 3.05) is 13.2 Å². The van der Waals surface area contributed by atoms with Gasteiger partial charge in [0.15, 0.2) is 6.10 Å². The summed E-state index contributed by atoms with van der Waals surface area (Å²) in [4.78, 5) is 38.2. The summed E-state index contributed by atoms with van der Waals surface area (Å²) >= 11 is 0. The summed E-state index contributed by atoms with van der Waals surface area (Å²) in [6.07, 6.45) is 82.2. The number of unbranched alkanes of at least 4 members (excludes halogenated alkanes) is 25. The van der Waals surface area contributed by atoms with E-state index in [0.29, 0.717) is 19.3 Å². The highest BCUT2D eigenvalue weighted by Crippen LogP contribution is 2.14. The molecule has 0 aliphatic heterocycles. The Morgan fingerprint density at radius 2 is 0.548 bits per heavy atom. The number of carbonyl (C=O) groups is 3. The molecule has 0 aromatic rings. The Hall–Kier alpha value is -3.93. The fraction of sp³-hybridized carbons (Fsp3) is 0.687. The van der Waals surface area contributed by atoms with Gasteiger partial charge < -0.3 is 14.2 Å². The van der Waals surface area contributed by atoms with Gasteiger partial charge in [0.25, 0.3) is 0 Å². The maximum atomic E-state index is 12.9. The van der Waals surface area contributed by atoms with Crippen LogP contribution in [0.2, 0.25) is 0 Å². The summed E-state index contributed by atoms with van der Waals surface area (Å²) < 4.78 is 16.9. The average molecular weight is 1010 g/mol. The number of esters is 3. The van der Waals surface area contributed by atoms with Gasteiger partial charge in [-0.2, -0.15) is 0 Å². The summed E-state index contributed by atoms with van der Waals surface area (Å²) in [5.74, 6) is -0.935. The second kappa shape index (κ2) is 60.6. The van der Waals surface area contributed by atoms with Gasteiger partial charge in [-0.05, 0) is 122 Å². The van der Waals surface area contributed by atoms with Gasteiger partial charge in [0.1, 0.15) is 13.2 Å². The summed E-state index contributed by atoms with van der Waals surface area (Å²) in [7, 11) is 0. The third-order valence-electron chi connectivity index (χ3n) is 12.7. The number of rotatable bonds is 54. The first-order valence-electron chi connectivity index (χ1n) is 30.4. The van der Waals surface area contributed by atoms with Crippen molar-refractivity contribution in [3.05, 3.63) is 109 Å². The second-order valence-electron chi connectivity index (χ2n) is 19.9. The van der Waals surface area contributed by atoms with Crippen molar-refractivity contribution in [2.45, 2.75) is 284 Å². The average Bonchev–Trinajstić information content (AvgIpc) is 3.39. The van der Waals surface area contributed by atoms with Crippen molar-refractivity contribution >= 4 is 17.9 Å². The zero-order chi connectivity index (χ0) is 52.9. The quantitative estimate of drug-likeness (QED) is 0.0261. The Balaban J connectivity index is 4.45. The highest BCUT2D eigenvalue weighted by atomic mass is 16.6. The van der Waals surface area contributed by atoms with E-state index < -0.39 is 6.10 Å². The summed E-state index contributed by atoms with van der Waals surface area (Å²) in [6, 6.07) is 0. The van der Waals surface area contributed by atoms with Crippen molar-refractivity contribution in [1.29, 1.82) is 0 Å². The lowest BCUT2D eigenvalue weighted by molar-refractivity contribution is -0.167. The lowest BCUT2D eigenvalue weighted by Crippen LogP contribution is -2.30. The van der Waals surface area contributed by atoms with Crippen molar-refractivity contribution in [3.8, 4) is 0 Å². The normalized spacial score (nSPS) is 12.9. The lowest BCUT2D eigenvalue weighted by atomic mass is 10.1. The Bertz CT molecular complexity index is 1490. The van der Waals surface area contributed by atoms with Crippen LogP contribution >= 0.6 is 0 Å². The molecule has 416 valence electrons. The van der Waals surface area contributed by atoms with Crippen LogP contribution in [0.4, 0.5) is 0 Å². The number of ether oxygens (including phenoxy) is 3. The van der Waals surface area contributed by atoms with E-state index in [1.807, 2.05) is 0 Å². The van der Waals surface area contributed by atoms with E-state index >= 15 is 0 Å². The van der Waals surface area contributed by atoms with Crippen molar-refractivity contribution in [2.24, 2.45) is 0 Å². The van der Waals surface area contributed by atoms with Gasteiger partial charge in [-0.15, -0.1) is 0 Å². The maximum Gasteiger partial charge on any atom is 0.306 e. The Morgan fingerprint density at radius 1 is 0.288 bits per heavy atom. The molecule has 1 atom stereocenters. The molecule has 0 rings (SSSR count). The molecule has 0 spiro atoms. The molecule has 0 amide bonds. The first-order chi connectivity index (χ1) is 36.0. The predicted octanol–water partition coefficient (Wildman–Crippen LogP) is 20.7. The van der Waals surface area contributed by atoms with E-state index in [1.165, 1.54) is 103 Å². The molecule has 0 aromatic carbocycles. The maximum absolute atomic E-state index is 12.9. The molecular weight excluding hydrogens is 901 g/mol. The van der Waals surface area contributed by atoms with Crippen molar-refractivity contribution in [1.82, 2.24) is 0 Å². The van der Waals surface area contributed by atoms with Crippen LogP contribution in [0.1, 0.15) is 278 Å². The van der Waals surface area contributed by atoms with Crippen LogP contribution < -0.4 is 0 Å². The van der Waals surface area contributed by atoms with Gasteiger partial charge in [0, 0.05) is 19.3 Å². The lowest BCUT2D eigenvalue weighted by Gasteiger charge is -2.18. The van der Waals surface area contributed by atoms with Crippen LogP contribution in [-0.2, 0) is 28.6 Å². The topological polar surface area (TPSA) is 78.9 Å². The molecule has 0 fully saturated rings. The Morgan fingerprint density at radius 3 is 0.890 bits per heavy atom. The zero-order valence-corrected chi connectivity index (χ0v) is 47.6. The van der Waals surface area contributed by atoms with Crippen LogP contribution in [0.3, 0.4) is 0 Å². The molecular formula is C67H112O6. The molecule has 0 aliphatic carbocycles. The van der Waals surface area contributed by atoms with Crippen LogP contribution in [0.25, 0.3) is 0 Å². The van der Waals surface area contributed by atoms with Crippen molar-refractivity contribution in [3.63, 3.8) is 0 Å². The molecule has 73 heavy (non-hydrogen) atoms. The second-order valence-corrected chi connectivity index (χ2v) is 19.9. The zero-order valence-electron chi connectivity index (χ0n) is 47.6. The number of hydrogen-bond acceptors (Lipinski definition) is 6. The summed E-state index contributed by atoms with van der Waals surface area (Å²) in [5, 5.41) is 0. The molecule has 0 saturated carbocycles. The molecule has 1 unspecified atom stereocenters. The van der Waals surface area contributed by atoms with Crippen molar-refractivity contribution < 1.29 is 28.6 Å². The highest BCUT2D eigenvalue weighted by molar-refractivity contribution is 5.71. The fourth-order valence-electron chi connectivity index (χ4n) is 8.16. The van der Waals surface area contributed by atoms with Gasteiger partial charge in [0.05, 0.1) is 0 Å². The van der Waals surface area contributed by atoms with E-state index in [2.05, 4.69) is 130 Å². The molecule has 0 N–H and O–H groups in total. The molecule has 0 radical (unpaired) electrons. The summed E-state index contributed by atoms with van der Waals surface area (Å²) in [5.41, 5.74) is 0. The number of carbonyl (C=O) groups excluding carboxylic acids is 3. The molecule has 0 bridgehead atoms. The first-order valence-corrected chi connectivity index (χ1v) is 30.4. The monoisotopic (exact) mass is 1010 g/mol. The molecule has 6 heteroatoms. The van der Waals surface area contributed by atoms with Crippen LogP contribution in [0.5, 0.6) is 0 Å². The van der Waals surface area contributed by atoms with Crippen LogP contribution in [-0.4, -0.2) is 37.2 Å². The van der Waals surface area contributed by atoms with E-state index in [9.17, 15) is 14.4 Å². The standard InChI is InChI=1S/C67H112O6/c1-4-7-10-13-16-19-22-25-28-30-32-33-34-35-36-38-39-42-45-48-51-54-57-60-66(69)72-63-64(62-71-65(68)59-56-53-50-47-44-41-27-24-21-18-15-12-9-6-3)73-67(70)61-58-55-52-49-46-43-40-37-31-29-26-23-20-17-14-11-8-5-2/h7,10,15-16,18-19,24-25,27-29,31-33,35-36,39,42,64H,4-6,8-9,11-14,17,20-23,26,30,34,37-38,40-41,43-63H2,1-3H3/b10-7-,18-15-,19-16-,27-24-,28-25-,31-29-,33-32-,36-35-,42-39-. The number of allylic oxidation sites excluding steroid dienone is 18. The minimum Gasteiger partial charge on any atom is -0.462 e. The van der Waals surface area contributed by atoms with E-state index in [-0.39, 0.29) is 31.1 Å². The fourth-order valence-corrected chi connectivity index (χ4v) is 8.16. The first kappa shape index (κ1) is 69.1. The Labute approximate surface area is 450 Å². The summed E-state index contributed by atoms with van der Waals surface area (Å²) in [6.45, 7) is 6.46. The smallest absolute Gasteiger partial charge is 0.306 e. The van der Waals surface area contributed by atoms with Gasteiger partial charge in [0.2, 0.25) is 0 Å². The van der Waals surface area contributed by atoms with Crippen LogP contribution in [0, 0.1) is 0 Å². The SMILES string of the molecule is CC/C=C\C/C=C\C/C=C\C/C=C\C/C=C\C/C=C\CCCCCCC(=O)OCC(COC(=O)CCCCCCC/C=C\C/C=C\CCCC)OC(=O)CCCCCCCCC/C=C\CCCCCCCCC. The Kier molecular flexibility index (Phi) is 57.4. The molecule has 0 aromatic heterocycles. The molecule has 0 saturated heterocycles. The molecule has 6 nitrogen and oxygen atoms in total. The largest absolute Gasteiger partial charge is 0.462 e. The third-order valence-corrected chi connectivity index (χ3v) is 12.7. The molecule has 0 heterocycles. The number of hydrogen-bond donors (Lipinski definition) is 0. The van der Waals surface area contributed by atoms with Crippen LogP contribution in [0.15, 0.2) is 109 Å². The third kappa shape index (κ3) is 58.8. The van der Waals surface area contributed by atoms with Gasteiger partial charge in [-0.3, -0.25) is 14.4 Å². The van der Waals surface area contributed by atoms with E-state index in [0.717, 1.165) is 135 Å². The molecule has 0 aliphatic rings. The minimum atomic E-state index is -0.800. The van der Waals surface area contributed by atoms with Gasteiger partial charge >= 0.3 is 17.9 Å². The van der Waals surface area contributed by atoms with Gasteiger partial charge in [-0.1, -0.05) is 246 Å². The van der Waals surface area contributed by atoms with Gasteiger partial charge in [-0.25, -0.2) is 0 Å². The van der Waals surface area contributed by atoms with E-state index in [4.69, 9.17) is 14.2 Å².